The van der Waals surface area contributed by atoms with E-state index in [0.717, 1.165) is 45.3 Å². The average molecular weight is 372 g/mol. The number of carbonyl (C=O) groups is 2. The van der Waals surface area contributed by atoms with Crippen molar-refractivity contribution in [3.8, 4) is 0 Å². The smallest absolute Gasteiger partial charge is 0.225 e. The number of hydrogen-bond donors (Lipinski definition) is 1. The maximum Gasteiger partial charge on any atom is 0.225 e. The van der Waals surface area contributed by atoms with Gasteiger partial charge in [-0.15, -0.1) is 0 Å². The highest BCUT2D eigenvalue weighted by Crippen LogP contribution is 2.24. The second-order valence-corrected chi connectivity index (χ2v) is 7.99. The topological polar surface area (TPSA) is 52.7 Å². The Bertz CT molecular complexity index is 630. The van der Waals surface area contributed by atoms with E-state index in [1.807, 2.05) is 11.0 Å². The number of hydrogen-bond acceptors (Lipinski definition) is 3. The van der Waals surface area contributed by atoms with Crippen LogP contribution in [0.3, 0.4) is 0 Å². The van der Waals surface area contributed by atoms with Crippen LogP contribution in [-0.2, 0) is 16.1 Å². The zero-order chi connectivity index (χ0) is 19.2. The van der Waals surface area contributed by atoms with Gasteiger partial charge in [-0.2, -0.15) is 0 Å². The maximum atomic E-state index is 12.8. The Hall–Kier alpha value is -1.88. The number of piperidine rings is 1. The fourth-order valence-electron chi connectivity index (χ4n) is 4.47. The molecule has 1 N–H and O–H groups in total. The summed E-state index contributed by atoms with van der Waals surface area (Å²) in [6.45, 7) is 7.69. The second-order valence-electron chi connectivity index (χ2n) is 7.99. The molecule has 2 saturated heterocycles. The van der Waals surface area contributed by atoms with Crippen LogP contribution in [-0.4, -0.2) is 53.3 Å². The summed E-state index contributed by atoms with van der Waals surface area (Å²) < 4.78 is 0. The van der Waals surface area contributed by atoms with Crippen LogP contribution in [0.5, 0.6) is 0 Å². The summed E-state index contributed by atoms with van der Waals surface area (Å²) in [6.07, 6.45) is 4.39. The largest absolute Gasteiger partial charge is 0.352 e. The first-order valence-corrected chi connectivity index (χ1v) is 10.5. The van der Waals surface area contributed by atoms with Gasteiger partial charge >= 0.3 is 0 Å². The van der Waals surface area contributed by atoms with E-state index in [2.05, 4.69) is 48.3 Å². The van der Waals surface area contributed by atoms with Gasteiger partial charge in [-0.25, -0.2) is 0 Å². The van der Waals surface area contributed by atoms with Crippen molar-refractivity contribution >= 4 is 11.8 Å². The van der Waals surface area contributed by atoms with E-state index in [4.69, 9.17) is 0 Å². The molecule has 1 aromatic rings. The monoisotopic (exact) mass is 371 g/mol. The molecule has 2 aliphatic heterocycles. The number of amides is 2. The van der Waals surface area contributed by atoms with Crippen LogP contribution in [0.2, 0.25) is 0 Å². The molecule has 5 heteroatoms. The third-order valence-corrected chi connectivity index (χ3v) is 6.01. The number of nitrogens with zero attached hydrogens (tertiary/aromatic N) is 2. The minimum atomic E-state index is -0.192. The summed E-state index contributed by atoms with van der Waals surface area (Å²) in [4.78, 5) is 29.4. The molecule has 2 heterocycles. The number of nitrogens with one attached hydrogen (secondary N) is 1. The molecule has 3 rings (SSSR count). The first-order chi connectivity index (χ1) is 13.1. The third-order valence-electron chi connectivity index (χ3n) is 6.01. The van der Waals surface area contributed by atoms with Crippen molar-refractivity contribution in [1.29, 1.82) is 0 Å². The molecule has 5 nitrogen and oxygen atoms in total. The minimum absolute atomic E-state index is 0.0587. The van der Waals surface area contributed by atoms with Gasteiger partial charge in [0.15, 0.2) is 0 Å². The summed E-state index contributed by atoms with van der Waals surface area (Å²) in [6, 6.07) is 10.9. The van der Waals surface area contributed by atoms with E-state index < -0.39 is 0 Å². The Labute approximate surface area is 163 Å². The summed E-state index contributed by atoms with van der Waals surface area (Å²) in [5.74, 6) is 0.00386. The number of likely N-dealkylation sites (tertiary alicyclic amines) is 2. The number of carbonyl (C=O) groups excluding carboxylic acids is 2. The Morgan fingerprint density at radius 2 is 1.93 bits per heavy atom. The zero-order valence-corrected chi connectivity index (χ0v) is 16.7. The SMILES string of the molecule is CCC(CC)N1CC(C(=O)NC2CCCN(Cc3ccccc3)C2)CC1=O. The van der Waals surface area contributed by atoms with Crippen LogP contribution in [0.15, 0.2) is 30.3 Å². The van der Waals surface area contributed by atoms with Gasteiger partial charge < -0.3 is 10.2 Å². The molecule has 0 bridgehead atoms. The molecule has 2 fully saturated rings. The predicted molar refractivity (Wildman–Crippen MR) is 107 cm³/mol. The van der Waals surface area contributed by atoms with Crippen LogP contribution in [0.1, 0.15) is 51.5 Å². The van der Waals surface area contributed by atoms with Gasteiger partial charge in [-0.1, -0.05) is 44.2 Å². The van der Waals surface area contributed by atoms with E-state index >= 15 is 0 Å². The van der Waals surface area contributed by atoms with Crippen molar-refractivity contribution in [2.45, 2.75) is 64.6 Å². The lowest BCUT2D eigenvalue weighted by atomic mass is 10.0. The molecule has 0 aromatic heterocycles. The van der Waals surface area contributed by atoms with E-state index in [9.17, 15) is 9.59 Å². The van der Waals surface area contributed by atoms with Crippen molar-refractivity contribution in [3.05, 3.63) is 35.9 Å². The number of rotatable bonds is 7. The van der Waals surface area contributed by atoms with Crippen molar-refractivity contribution in [1.82, 2.24) is 15.1 Å². The lowest BCUT2D eigenvalue weighted by Crippen LogP contribution is -2.49. The fraction of sp³-hybridized carbons (Fsp3) is 0.636. The van der Waals surface area contributed by atoms with Crippen LogP contribution < -0.4 is 5.32 Å². The molecule has 27 heavy (non-hydrogen) atoms. The van der Waals surface area contributed by atoms with Gasteiger partial charge in [-0.3, -0.25) is 14.5 Å². The Balaban J connectivity index is 1.51. The first-order valence-electron chi connectivity index (χ1n) is 10.5. The molecule has 2 amide bonds. The summed E-state index contributed by atoms with van der Waals surface area (Å²) in [5, 5.41) is 3.23. The van der Waals surface area contributed by atoms with Gasteiger partial charge in [0.25, 0.3) is 0 Å². The molecule has 0 spiro atoms. The molecule has 2 aliphatic rings. The lowest BCUT2D eigenvalue weighted by Gasteiger charge is -2.33. The third kappa shape index (κ3) is 5.10. The van der Waals surface area contributed by atoms with E-state index in [1.165, 1.54) is 5.56 Å². The van der Waals surface area contributed by atoms with Gasteiger partial charge in [0, 0.05) is 38.1 Å². The van der Waals surface area contributed by atoms with Crippen molar-refractivity contribution in [2.75, 3.05) is 19.6 Å². The Morgan fingerprint density at radius 1 is 1.19 bits per heavy atom. The predicted octanol–water partition coefficient (Wildman–Crippen LogP) is 2.80. The highest BCUT2D eigenvalue weighted by molar-refractivity contribution is 5.89. The summed E-state index contributed by atoms with van der Waals surface area (Å²) in [7, 11) is 0. The zero-order valence-electron chi connectivity index (χ0n) is 16.7. The maximum absolute atomic E-state index is 12.8. The summed E-state index contributed by atoms with van der Waals surface area (Å²) in [5.41, 5.74) is 1.31. The van der Waals surface area contributed by atoms with Crippen molar-refractivity contribution in [2.24, 2.45) is 5.92 Å². The molecule has 2 unspecified atom stereocenters. The lowest BCUT2D eigenvalue weighted by molar-refractivity contribution is -0.130. The van der Waals surface area contributed by atoms with Crippen molar-refractivity contribution in [3.63, 3.8) is 0 Å². The average Bonchev–Trinajstić information content (AvgIpc) is 3.06. The van der Waals surface area contributed by atoms with Crippen LogP contribution in [0, 0.1) is 5.92 Å². The van der Waals surface area contributed by atoms with Crippen LogP contribution in [0.25, 0.3) is 0 Å². The molecule has 1 aromatic carbocycles. The summed E-state index contributed by atoms with van der Waals surface area (Å²) >= 11 is 0. The molecular formula is C22H33N3O2. The molecule has 148 valence electrons. The standard InChI is InChI=1S/C22H33N3O2/c1-3-20(4-2)25-15-18(13-21(25)26)22(27)23-19-11-8-12-24(16-19)14-17-9-6-5-7-10-17/h5-7,9-10,18-20H,3-4,8,11-16H2,1-2H3,(H,23,27). The van der Waals surface area contributed by atoms with E-state index in [1.54, 1.807) is 0 Å². The molecule has 0 radical (unpaired) electrons. The molecule has 2 atom stereocenters. The van der Waals surface area contributed by atoms with Crippen LogP contribution in [0.4, 0.5) is 0 Å². The first kappa shape index (κ1) is 19.9. The second kappa shape index (κ2) is 9.36. The number of benzene rings is 1. The highest BCUT2D eigenvalue weighted by atomic mass is 16.2. The molecule has 0 saturated carbocycles. The van der Waals surface area contributed by atoms with E-state index in [0.29, 0.717) is 13.0 Å². The van der Waals surface area contributed by atoms with Gasteiger partial charge in [0.05, 0.1) is 5.92 Å². The quantitative estimate of drug-likeness (QED) is 0.802. The Morgan fingerprint density at radius 3 is 2.63 bits per heavy atom. The van der Waals surface area contributed by atoms with Gasteiger partial charge in [-0.05, 0) is 37.8 Å². The molecule has 0 aliphatic carbocycles. The van der Waals surface area contributed by atoms with Crippen molar-refractivity contribution < 1.29 is 9.59 Å². The molecular weight excluding hydrogens is 338 g/mol. The van der Waals surface area contributed by atoms with Crippen LogP contribution >= 0.6 is 0 Å². The Kier molecular flexibility index (Phi) is 6.89. The van der Waals surface area contributed by atoms with Gasteiger partial charge in [0.1, 0.15) is 0 Å². The highest BCUT2D eigenvalue weighted by Gasteiger charge is 2.37. The normalized spacial score (nSPS) is 23.8. The van der Waals surface area contributed by atoms with E-state index in [-0.39, 0.29) is 29.8 Å². The minimum Gasteiger partial charge on any atom is -0.352 e. The fourth-order valence-corrected chi connectivity index (χ4v) is 4.47. The van der Waals surface area contributed by atoms with Gasteiger partial charge in [0.2, 0.25) is 11.8 Å².